The number of nitrogens with two attached hydrogens (primary N) is 1. The summed E-state index contributed by atoms with van der Waals surface area (Å²) in [5.74, 6) is 1.98. The van der Waals surface area contributed by atoms with Crippen LogP contribution in [0.1, 0.15) is 40.0 Å². The Hall–Kier alpha value is -1.25. The third-order valence-corrected chi connectivity index (χ3v) is 5.72. The van der Waals surface area contributed by atoms with Crippen LogP contribution in [0.4, 0.5) is 5.82 Å². The van der Waals surface area contributed by atoms with Crippen molar-refractivity contribution in [2.24, 2.45) is 16.7 Å². The fourth-order valence-electron chi connectivity index (χ4n) is 3.95. The topological polar surface area (TPSA) is 48.1 Å². The average Bonchev–Trinajstić information content (AvgIpc) is 2.62. The van der Waals surface area contributed by atoms with Crippen molar-refractivity contribution in [1.82, 2.24) is 4.98 Å². The van der Waals surface area contributed by atoms with Crippen LogP contribution in [0.3, 0.4) is 0 Å². The van der Waals surface area contributed by atoms with Gasteiger partial charge in [-0.3, -0.25) is 0 Å². The van der Waals surface area contributed by atoms with Gasteiger partial charge < -0.3 is 10.5 Å². The molecule has 3 rings (SSSR count). The Morgan fingerprint density at radius 3 is 2.67 bits per heavy atom. The third kappa shape index (κ3) is 1.46. The maximum absolute atomic E-state index is 6.14. The van der Waals surface area contributed by atoms with Crippen molar-refractivity contribution in [2.45, 2.75) is 46.1 Å². The monoisotopic (exact) mass is 246 g/mol. The lowest BCUT2D eigenvalue weighted by molar-refractivity contribution is 0.0274. The van der Waals surface area contributed by atoms with Crippen LogP contribution in [-0.2, 0) is 0 Å². The number of aromatic nitrogens is 1. The predicted octanol–water partition coefficient (Wildman–Crippen LogP) is 3.26. The van der Waals surface area contributed by atoms with Crippen LogP contribution < -0.4 is 10.5 Å². The van der Waals surface area contributed by atoms with Crippen LogP contribution in [0.15, 0.2) is 18.2 Å². The number of ether oxygens (including phenoxy) is 1. The lowest BCUT2D eigenvalue weighted by atomic mass is 9.70. The maximum Gasteiger partial charge on any atom is 0.215 e. The summed E-state index contributed by atoms with van der Waals surface area (Å²) in [4.78, 5) is 4.25. The zero-order chi connectivity index (χ0) is 13.0. The van der Waals surface area contributed by atoms with Gasteiger partial charge >= 0.3 is 0 Å². The molecule has 2 bridgehead atoms. The summed E-state index contributed by atoms with van der Waals surface area (Å²) < 4.78 is 6.14. The van der Waals surface area contributed by atoms with Crippen molar-refractivity contribution < 1.29 is 4.74 Å². The van der Waals surface area contributed by atoms with Gasteiger partial charge in [0, 0.05) is 11.5 Å². The summed E-state index contributed by atoms with van der Waals surface area (Å²) in [5, 5.41) is 0. The fraction of sp³-hybridized carbons (Fsp3) is 0.667. The Labute approximate surface area is 109 Å². The second-order valence-electron chi connectivity index (χ2n) is 6.62. The zero-order valence-corrected chi connectivity index (χ0v) is 11.4. The molecule has 0 radical (unpaired) electrons. The van der Waals surface area contributed by atoms with Gasteiger partial charge in [-0.05, 0) is 36.7 Å². The van der Waals surface area contributed by atoms with Gasteiger partial charge in [-0.15, -0.1) is 0 Å². The summed E-state index contributed by atoms with van der Waals surface area (Å²) in [5.41, 5.74) is 6.34. The minimum absolute atomic E-state index is 0.268. The molecule has 3 atom stereocenters. The summed E-state index contributed by atoms with van der Waals surface area (Å²) in [6, 6.07) is 5.59. The number of hydrogen-bond donors (Lipinski definition) is 1. The molecule has 2 aliphatic rings. The molecular weight excluding hydrogens is 224 g/mol. The lowest BCUT2D eigenvalue weighted by Gasteiger charge is -2.38. The molecule has 3 unspecified atom stereocenters. The fourth-order valence-corrected chi connectivity index (χ4v) is 3.95. The molecule has 18 heavy (non-hydrogen) atoms. The molecule has 3 nitrogen and oxygen atoms in total. The van der Waals surface area contributed by atoms with E-state index in [0.29, 0.717) is 17.1 Å². The first-order valence-corrected chi connectivity index (χ1v) is 6.83. The van der Waals surface area contributed by atoms with Crippen molar-refractivity contribution >= 4 is 5.82 Å². The van der Waals surface area contributed by atoms with E-state index in [1.54, 1.807) is 6.07 Å². The molecule has 0 aromatic carbocycles. The van der Waals surface area contributed by atoms with Gasteiger partial charge in [0.25, 0.3) is 0 Å². The minimum Gasteiger partial charge on any atom is -0.474 e. The number of fused-ring (bicyclic) bond motifs is 2. The normalized spacial score (nSPS) is 36.8. The quantitative estimate of drug-likeness (QED) is 0.871. The largest absolute Gasteiger partial charge is 0.474 e. The molecule has 0 saturated heterocycles. The zero-order valence-electron chi connectivity index (χ0n) is 11.4. The van der Waals surface area contributed by atoms with E-state index in [1.165, 1.54) is 12.8 Å². The molecule has 1 heterocycles. The smallest absolute Gasteiger partial charge is 0.215 e. The van der Waals surface area contributed by atoms with E-state index in [0.717, 1.165) is 12.3 Å². The molecule has 0 aliphatic heterocycles. The molecule has 0 amide bonds. The Kier molecular flexibility index (Phi) is 2.38. The third-order valence-electron chi connectivity index (χ3n) is 5.72. The molecular formula is C15H22N2O. The van der Waals surface area contributed by atoms with E-state index >= 15 is 0 Å². The highest BCUT2D eigenvalue weighted by Crippen LogP contribution is 2.66. The van der Waals surface area contributed by atoms with Gasteiger partial charge in [0.2, 0.25) is 5.88 Å². The van der Waals surface area contributed by atoms with Crippen LogP contribution in [0, 0.1) is 16.7 Å². The van der Waals surface area contributed by atoms with E-state index in [9.17, 15) is 0 Å². The van der Waals surface area contributed by atoms with E-state index in [1.807, 2.05) is 12.1 Å². The molecule has 1 aromatic heterocycles. The number of nitrogen functional groups attached to an aromatic ring is 1. The van der Waals surface area contributed by atoms with Crippen LogP contribution in [-0.4, -0.2) is 11.1 Å². The highest BCUT2D eigenvalue weighted by Gasteiger charge is 2.62. The van der Waals surface area contributed by atoms with Crippen molar-refractivity contribution in [2.75, 3.05) is 5.73 Å². The maximum atomic E-state index is 6.14. The first-order chi connectivity index (χ1) is 8.43. The SMILES string of the molecule is CC1(C)C2CCC1(C)C(Oc1cccc(N)n1)C2. The predicted molar refractivity (Wildman–Crippen MR) is 72.3 cm³/mol. The molecule has 3 heteroatoms. The van der Waals surface area contributed by atoms with Crippen LogP contribution in [0.2, 0.25) is 0 Å². The van der Waals surface area contributed by atoms with Gasteiger partial charge in [0.05, 0.1) is 0 Å². The summed E-state index contributed by atoms with van der Waals surface area (Å²) >= 11 is 0. The van der Waals surface area contributed by atoms with Crippen molar-refractivity contribution in [3.05, 3.63) is 18.2 Å². The standard InChI is InChI=1S/C15H22N2O/c1-14(2)10-7-8-15(14,3)11(9-10)18-13-6-4-5-12(16)17-13/h4-6,10-11H,7-9H2,1-3H3,(H2,16,17). The van der Waals surface area contributed by atoms with Gasteiger partial charge in [-0.25, -0.2) is 0 Å². The molecule has 1 aromatic rings. The highest BCUT2D eigenvalue weighted by molar-refractivity contribution is 5.31. The Bertz CT molecular complexity index is 471. The summed E-state index contributed by atoms with van der Waals surface area (Å²) in [6.45, 7) is 7.15. The molecule has 2 fully saturated rings. The average molecular weight is 246 g/mol. The molecule has 2 saturated carbocycles. The van der Waals surface area contributed by atoms with Crippen molar-refractivity contribution in [3.63, 3.8) is 0 Å². The number of rotatable bonds is 2. The van der Waals surface area contributed by atoms with E-state index in [2.05, 4.69) is 25.8 Å². The van der Waals surface area contributed by atoms with Gasteiger partial charge in [0.15, 0.2) is 0 Å². The summed E-state index contributed by atoms with van der Waals surface area (Å²) in [7, 11) is 0. The number of pyridine rings is 1. The Morgan fingerprint density at radius 2 is 2.11 bits per heavy atom. The van der Waals surface area contributed by atoms with Gasteiger partial charge in [-0.1, -0.05) is 26.8 Å². The van der Waals surface area contributed by atoms with Crippen LogP contribution in [0.25, 0.3) is 0 Å². The van der Waals surface area contributed by atoms with E-state index in [4.69, 9.17) is 10.5 Å². The van der Waals surface area contributed by atoms with Gasteiger partial charge in [-0.2, -0.15) is 4.98 Å². The second kappa shape index (κ2) is 3.62. The lowest BCUT2D eigenvalue weighted by Crippen LogP contribution is -2.39. The Balaban J connectivity index is 1.84. The van der Waals surface area contributed by atoms with Crippen LogP contribution in [0.5, 0.6) is 5.88 Å². The van der Waals surface area contributed by atoms with Crippen LogP contribution >= 0.6 is 0 Å². The first-order valence-electron chi connectivity index (χ1n) is 6.83. The van der Waals surface area contributed by atoms with Gasteiger partial charge in [0.1, 0.15) is 11.9 Å². The molecule has 98 valence electrons. The minimum atomic E-state index is 0.268. The molecule has 2 aliphatic carbocycles. The van der Waals surface area contributed by atoms with Crippen molar-refractivity contribution in [3.8, 4) is 5.88 Å². The first kappa shape index (κ1) is 11.8. The second-order valence-corrected chi connectivity index (χ2v) is 6.62. The highest BCUT2D eigenvalue weighted by atomic mass is 16.5. The summed E-state index contributed by atoms with van der Waals surface area (Å²) in [6.07, 6.45) is 4.03. The van der Waals surface area contributed by atoms with Crippen molar-refractivity contribution in [1.29, 1.82) is 0 Å². The molecule has 2 N–H and O–H groups in total. The number of anilines is 1. The van der Waals surface area contributed by atoms with E-state index < -0.39 is 0 Å². The Morgan fingerprint density at radius 1 is 1.33 bits per heavy atom. The number of hydrogen-bond acceptors (Lipinski definition) is 3. The number of nitrogens with zero attached hydrogens (tertiary/aromatic N) is 1. The molecule has 0 spiro atoms. The van der Waals surface area contributed by atoms with E-state index in [-0.39, 0.29) is 11.5 Å².